The Labute approximate surface area is 171 Å². The molecule has 0 atom stereocenters. The number of carbonyl (C=O) groups is 1. The lowest BCUT2D eigenvalue weighted by molar-refractivity contribution is -0.137. The van der Waals surface area contributed by atoms with Crippen LogP contribution in [0, 0.1) is 0 Å². The van der Waals surface area contributed by atoms with Crippen molar-refractivity contribution in [3.05, 3.63) is 78.0 Å². The number of alkyl halides is 3. The van der Waals surface area contributed by atoms with Crippen molar-refractivity contribution in [3.63, 3.8) is 0 Å². The lowest BCUT2D eigenvalue weighted by Gasteiger charge is -2.31. The van der Waals surface area contributed by atoms with Crippen LogP contribution >= 0.6 is 0 Å². The molecule has 154 valence electrons. The molecule has 8 heteroatoms. The normalized spacial score (nSPS) is 15.2. The van der Waals surface area contributed by atoms with E-state index in [1.165, 1.54) is 12.3 Å². The molecular weight excluding hydrogens is 393 g/mol. The van der Waals surface area contributed by atoms with Crippen LogP contribution in [0.25, 0.3) is 11.3 Å². The Hall–Kier alpha value is -3.29. The molecule has 0 spiro atoms. The first-order chi connectivity index (χ1) is 14.4. The number of hydrogen-bond acceptors (Lipinski definition) is 4. The van der Waals surface area contributed by atoms with E-state index in [9.17, 15) is 18.0 Å². The monoisotopic (exact) mass is 412 g/mol. The minimum absolute atomic E-state index is 0.0935. The second-order valence-electron chi connectivity index (χ2n) is 7.19. The van der Waals surface area contributed by atoms with Crippen LogP contribution in [-0.4, -0.2) is 38.8 Å². The van der Waals surface area contributed by atoms with E-state index in [2.05, 4.69) is 15.0 Å². The van der Waals surface area contributed by atoms with Crippen LogP contribution in [0.15, 0.2) is 61.1 Å². The van der Waals surface area contributed by atoms with Gasteiger partial charge in [0.15, 0.2) is 0 Å². The molecule has 1 aliphatic rings. The second-order valence-corrected chi connectivity index (χ2v) is 7.19. The Kier molecular flexibility index (Phi) is 5.48. The summed E-state index contributed by atoms with van der Waals surface area (Å²) >= 11 is 0. The van der Waals surface area contributed by atoms with E-state index in [0.29, 0.717) is 42.9 Å². The number of hydrogen-bond donors (Lipinski definition) is 0. The van der Waals surface area contributed by atoms with Crippen molar-refractivity contribution < 1.29 is 18.0 Å². The van der Waals surface area contributed by atoms with Gasteiger partial charge in [0, 0.05) is 37.0 Å². The van der Waals surface area contributed by atoms with Crippen molar-refractivity contribution in [1.29, 1.82) is 0 Å². The van der Waals surface area contributed by atoms with E-state index < -0.39 is 11.7 Å². The van der Waals surface area contributed by atoms with E-state index >= 15 is 0 Å². The molecule has 4 rings (SSSR count). The van der Waals surface area contributed by atoms with E-state index in [0.717, 1.165) is 17.8 Å². The fraction of sp³-hybridized carbons (Fsp3) is 0.273. The summed E-state index contributed by atoms with van der Waals surface area (Å²) in [7, 11) is 0. The maximum Gasteiger partial charge on any atom is 0.416 e. The summed E-state index contributed by atoms with van der Waals surface area (Å²) in [5.41, 5.74) is 1.22. The van der Waals surface area contributed by atoms with E-state index in [1.54, 1.807) is 41.6 Å². The standard InChI is InChI=1S/C22H19F3N4O/c23-22(24,25)17-5-3-4-16(12-17)20-14-26-13-19(28-20)15-7-10-29(11-8-15)21(30)18-6-1-2-9-27-18/h1-6,9,12-15H,7-8,10-11H2. The number of halogens is 3. The topological polar surface area (TPSA) is 59.0 Å². The van der Waals surface area contributed by atoms with Crippen molar-refractivity contribution in [1.82, 2.24) is 19.9 Å². The number of amides is 1. The first-order valence-corrected chi connectivity index (χ1v) is 9.62. The first-order valence-electron chi connectivity index (χ1n) is 9.62. The molecule has 5 nitrogen and oxygen atoms in total. The first kappa shape index (κ1) is 20.0. The summed E-state index contributed by atoms with van der Waals surface area (Å²) in [6.07, 6.45) is 1.72. The molecule has 1 saturated heterocycles. The van der Waals surface area contributed by atoms with Crippen LogP contribution in [0.1, 0.15) is 40.5 Å². The third-order valence-corrected chi connectivity index (χ3v) is 5.22. The van der Waals surface area contributed by atoms with Crippen LogP contribution in [0.4, 0.5) is 13.2 Å². The molecule has 1 amide bonds. The molecule has 0 unspecified atom stereocenters. The van der Waals surface area contributed by atoms with Gasteiger partial charge >= 0.3 is 6.18 Å². The minimum Gasteiger partial charge on any atom is -0.337 e. The van der Waals surface area contributed by atoms with Gasteiger partial charge in [-0.2, -0.15) is 13.2 Å². The van der Waals surface area contributed by atoms with Crippen molar-refractivity contribution in [3.8, 4) is 11.3 Å². The number of aromatic nitrogens is 3. The number of pyridine rings is 1. The number of rotatable bonds is 3. The van der Waals surface area contributed by atoms with Crippen LogP contribution in [0.3, 0.4) is 0 Å². The largest absolute Gasteiger partial charge is 0.416 e. The van der Waals surface area contributed by atoms with Gasteiger partial charge in [-0.1, -0.05) is 18.2 Å². The van der Waals surface area contributed by atoms with Gasteiger partial charge in [0.25, 0.3) is 5.91 Å². The highest BCUT2D eigenvalue weighted by molar-refractivity contribution is 5.92. The molecule has 0 aliphatic carbocycles. The Bertz CT molecular complexity index is 1030. The average molecular weight is 412 g/mol. The van der Waals surface area contributed by atoms with Gasteiger partial charge in [0.05, 0.1) is 23.1 Å². The summed E-state index contributed by atoms with van der Waals surface area (Å²) in [6, 6.07) is 10.3. The Morgan fingerprint density at radius 2 is 1.83 bits per heavy atom. The molecule has 2 aromatic heterocycles. The molecule has 0 N–H and O–H groups in total. The fourth-order valence-electron chi connectivity index (χ4n) is 3.60. The molecule has 0 saturated carbocycles. The summed E-state index contributed by atoms with van der Waals surface area (Å²) in [5.74, 6) is -0.00566. The van der Waals surface area contributed by atoms with Crippen LogP contribution in [0.2, 0.25) is 0 Å². The second kappa shape index (κ2) is 8.22. The predicted octanol–water partition coefficient (Wildman–Crippen LogP) is 4.58. The average Bonchev–Trinajstić information content (AvgIpc) is 2.79. The van der Waals surface area contributed by atoms with Gasteiger partial charge < -0.3 is 4.90 Å². The van der Waals surface area contributed by atoms with Crippen molar-refractivity contribution in [2.75, 3.05) is 13.1 Å². The molecule has 0 bridgehead atoms. The number of piperidine rings is 1. The zero-order valence-corrected chi connectivity index (χ0v) is 16.0. The summed E-state index contributed by atoms with van der Waals surface area (Å²) in [5, 5.41) is 0. The lowest BCUT2D eigenvalue weighted by Crippen LogP contribution is -2.38. The highest BCUT2D eigenvalue weighted by Crippen LogP contribution is 2.32. The van der Waals surface area contributed by atoms with Crippen LogP contribution < -0.4 is 0 Å². The van der Waals surface area contributed by atoms with Crippen LogP contribution in [0.5, 0.6) is 0 Å². The van der Waals surface area contributed by atoms with Crippen molar-refractivity contribution >= 4 is 5.91 Å². The van der Waals surface area contributed by atoms with Crippen LogP contribution in [-0.2, 0) is 6.18 Å². The highest BCUT2D eigenvalue weighted by atomic mass is 19.4. The van der Waals surface area contributed by atoms with E-state index in [1.807, 2.05) is 0 Å². The van der Waals surface area contributed by atoms with Gasteiger partial charge in [-0.15, -0.1) is 0 Å². The van der Waals surface area contributed by atoms with Crippen molar-refractivity contribution in [2.24, 2.45) is 0 Å². The molecule has 1 fully saturated rings. The minimum atomic E-state index is -4.41. The lowest BCUT2D eigenvalue weighted by atomic mass is 9.93. The third kappa shape index (κ3) is 4.32. The summed E-state index contributed by atoms with van der Waals surface area (Å²) < 4.78 is 39.0. The van der Waals surface area contributed by atoms with Gasteiger partial charge in [-0.3, -0.25) is 14.8 Å². The van der Waals surface area contributed by atoms with Gasteiger partial charge in [0.2, 0.25) is 0 Å². The number of nitrogens with zero attached hydrogens (tertiary/aromatic N) is 4. The molecule has 3 heterocycles. The quantitative estimate of drug-likeness (QED) is 0.632. The van der Waals surface area contributed by atoms with Gasteiger partial charge in [0.1, 0.15) is 5.69 Å². The smallest absolute Gasteiger partial charge is 0.337 e. The molecule has 1 aliphatic heterocycles. The fourth-order valence-corrected chi connectivity index (χ4v) is 3.60. The van der Waals surface area contributed by atoms with Gasteiger partial charge in [-0.05, 0) is 37.1 Å². The maximum atomic E-state index is 13.0. The Balaban J connectivity index is 1.47. The zero-order chi connectivity index (χ0) is 21.1. The number of likely N-dealkylation sites (tertiary alicyclic amines) is 1. The predicted molar refractivity (Wildman–Crippen MR) is 105 cm³/mol. The molecule has 3 aromatic rings. The van der Waals surface area contributed by atoms with E-state index in [4.69, 9.17) is 0 Å². The summed E-state index contributed by atoms with van der Waals surface area (Å²) in [6.45, 7) is 1.13. The molecular formula is C22H19F3N4O. The zero-order valence-electron chi connectivity index (χ0n) is 16.0. The molecule has 1 aromatic carbocycles. The SMILES string of the molecule is O=C(c1ccccn1)N1CCC(c2cncc(-c3cccc(C(F)(F)F)c3)n2)CC1. The van der Waals surface area contributed by atoms with E-state index in [-0.39, 0.29) is 11.8 Å². The number of carbonyl (C=O) groups excluding carboxylic acids is 1. The molecule has 30 heavy (non-hydrogen) atoms. The maximum absolute atomic E-state index is 13.0. The van der Waals surface area contributed by atoms with Gasteiger partial charge in [-0.25, -0.2) is 4.98 Å². The molecule has 0 radical (unpaired) electrons. The summed E-state index contributed by atoms with van der Waals surface area (Å²) in [4.78, 5) is 27.2. The Morgan fingerprint density at radius 3 is 2.53 bits per heavy atom. The Morgan fingerprint density at radius 1 is 1.03 bits per heavy atom. The van der Waals surface area contributed by atoms with Crippen molar-refractivity contribution in [2.45, 2.75) is 24.9 Å². The highest BCUT2D eigenvalue weighted by Gasteiger charge is 2.31. The number of benzene rings is 1. The third-order valence-electron chi connectivity index (χ3n) is 5.22.